The molecule has 7 nitrogen and oxygen atoms in total. The number of carbonyl (C=O) groups is 2. The number of carbonyl (C=O) groups excluding carboxylic acids is 2. The van der Waals surface area contributed by atoms with E-state index in [1.165, 1.54) is 0 Å². The number of aliphatic hydroxyl groups excluding tert-OH is 1. The number of aliphatic hydroxyl groups is 1. The summed E-state index contributed by atoms with van der Waals surface area (Å²) in [5.74, 6) is -0.959. The van der Waals surface area contributed by atoms with Crippen LogP contribution in [0.2, 0.25) is 0 Å². The number of likely N-dealkylation sites (N-methyl/N-ethyl adjacent to an activating group) is 1. The number of fused-ring (bicyclic) bond motifs is 1. The van der Waals surface area contributed by atoms with E-state index < -0.39 is 23.5 Å². The first kappa shape index (κ1) is 24.0. The van der Waals surface area contributed by atoms with Gasteiger partial charge in [-0.1, -0.05) is 41.9 Å². The van der Waals surface area contributed by atoms with E-state index in [1.807, 2.05) is 18.2 Å². The first-order chi connectivity index (χ1) is 16.4. The van der Waals surface area contributed by atoms with E-state index in [9.17, 15) is 14.7 Å². The summed E-state index contributed by atoms with van der Waals surface area (Å²) in [7, 11) is 1.56. The molecule has 178 valence electrons. The topological polar surface area (TPSA) is 83.2 Å². The van der Waals surface area contributed by atoms with Gasteiger partial charge in [-0.15, -0.1) is 0 Å². The van der Waals surface area contributed by atoms with Gasteiger partial charge in [0.05, 0.1) is 18.7 Å². The fourth-order valence-corrected chi connectivity index (χ4v) is 4.70. The van der Waals surface area contributed by atoms with Gasteiger partial charge < -0.3 is 24.1 Å². The van der Waals surface area contributed by atoms with Crippen molar-refractivity contribution in [1.82, 2.24) is 9.80 Å². The molecule has 1 aliphatic heterocycles. The first-order valence-corrected chi connectivity index (χ1v) is 12.0. The number of furan rings is 1. The highest BCUT2D eigenvalue weighted by Gasteiger charge is 2.44. The Kier molecular flexibility index (Phi) is 7.09. The predicted molar refractivity (Wildman–Crippen MR) is 133 cm³/mol. The van der Waals surface area contributed by atoms with Crippen LogP contribution in [0.15, 0.2) is 68.8 Å². The van der Waals surface area contributed by atoms with Crippen LogP contribution in [0.5, 0.6) is 5.75 Å². The van der Waals surface area contributed by atoms with Gasteiger partial charge >= 0.3 is 0 Å². The molecular formula is C26H27BrN2O5. The molecule has 2 aromatic carbocycles. The molecule has 1 aliphatic rings. The zero-order chi connectivity index (χ0) is 24.4. The number of rotatable bonds is 9. The maximum Gasteiger partial charge on any atom is 0.290 e. The van der Waals surface area contributed by atoms with Crippen molar-refractivity contribution in [3.63, 3.8) is 0 Å². The van der Waals surface area contributed by atoms with Crippen LogP contribution < -0.4 is 4.74 Å². The van der Waals surface area contributed by atoms with Crippen molar-refractivity contribution in [3.05, 3.63) is 75.7 Å². The quantitative estimate of drug-likeness (QED) is 0.389. The van der Waals surface area contributed by atoms with Crippen LogP contribution >= 0.6 is 15.9 Å². The number of methoxy groups -OCH3 is 1. The predicted octanol–water partition coefficient (Wildman–Crippen LogP) is 5.12. The minimum atomic E-state index is -0.759. The SMILES string of the molecule is CCN(CC)CCN1C(=O)C(O)=C(C(=O)c2cc3cc(Br)ccc3o2)C1c1cccc(OC)c1. The highest BCUT2D eigenvalue weighted by Crippen LogP contribution is 2.40. The van der Waals surface area contributed by atoms with Crippen LogP contribution in [0.3, 0.4) is 0 Å². The van der Waals surface area contributed by atoms with Gasteiger partial charge in [0.25, 0.3) is 5.91 Å². The summed E-state index contributed by atoms with van der Waals surface area (Å²) in [6.45, 7) is 6.76. The minimum Gasteiger partial charge on any atom is -0.503 e. The van der Waals surface area contributed by atoms with Crippen molar-refractivity contribution in [1.29, 1.82) is 0 Å². The maximum absolute atomic E-state index is 13.6. The average molecular weight is 527 g/mol. The van der Waals surface area contributed by atoms with Crippen molar-refractivity contribution in [2.45, 2.75) is 19.9 Å². The van der Waals surface area contributed by atoms with Gasteiger partial charge in [0.1, 0.15) is 11.3 Å². The number of Topliss-reactive ketones (excluding diaryl/α,β-unsaturated/α-hetero) is 1. The number of amides is 1. The molecule has 0 saturated carbocycles. The number of ketones is 1. The third kappa shape index (κ3) is 4.48. The smallest absolute Gasteiger partial charge is 0.290 e. The van der Waals surface area contributed by atoms with Crippen LogP contribution in [0, 0.1) is 0 Å². The van der Waals surface area contributed by atoms with E-state index in [2.05, 4.69) is 34.7 Å². The molecule has 1 atom stereocenters. The number of nitrogens with zero attached hydrogens (tertiary/aromatic N) is 2. The number of ether oxygens (including phenoxy) is 1. The zero-order valence-corrected chi connectivity index (χ0v) is 21.0. The highest BCUT2D eigenvalue weighted by molar-refractivity contribution is 9.10. The van der Waals surface area contributed by atoms with Gasteiger partial charge in [-0.25, -0.2) is 0 Å². The zero-order valence-electron chi connectivity index (χ0n) is 19.4. The van der Waals surface area contributed by atoms with Gasteiger partial charge in [0.2, 0.25) is 5.78 Å². The summed E-state index contributed by atoms with van der Waals surface area (Å²) >= 11 is 3.42. The minimum absolute atomic E-state index is 0.0101. The molecule has 2 heterocycles. The molecule has 1 N–H and O–H groups in total. The lowest BCUT2D eigenvalue weighted by atomic mass is 9.95. The average Bonchev–Trinajstić information content (AvgIpc) is 3.38. The van der Waals surface area contributed by atoms with Crippen LogP contribution in [-0.4, -0.2) is 59.9 Å². The van der Waals surface area contributed by atoms with E-state index in [1.54, 1.807) is 42.3 Å². The lowest BCUT2D eigenvalue weighted by molar-refractivity contribution is -0.129. The Balaban J connectivity index is 1.77. The molecular weight excluding hydrogens is 500 g/mol. The molecule has 8 heteroatoms. The summed E-state index contributed by atoms with van der Waals surface area (Å²) in [5.41, 5.74) is 1.24. The lowest BCUT2D eigenvalue weighted by Gasteiger charge is -2.29. The molecule has 0 fully saturated rings. The van der Waals surface area contributed by atoms with Crippen LogP contribution in [0.25, 0.3) is 11.0 Å². The van der Waals surface area contributed by atoms with Crippen LogP contribution in [0.1, 0.15) is 36.0 Å². The van der Waals surface area contributed by atoms with Gasteiger partial charge in [0, 0.05) is 22.9 Å². The molecule has 0 bridgehead atoms. The van der Waals surface area contributed by atoms with E-state index in [0.29, 0.717) is 30.0 Å². The summed E-state index contributed by atoms with van der Waals surface area (Å²) in [6.07, 6.45) is 0. The van der Waals surface area contributed by atoms with Gasteiger partial charge in [0.15, 0.2) is 11.5 Å². The second kappa shape index (κ2) is 10.0. The van der Waals surface area contributed by atoms with Crippen molar-refractivity contribution < 1.29 is 23.8 Å². The molecule has 4 rings (SSSR count). The number of halogens is 1. The highest BCUT2D eigenvalue weighted by atomic mass is 79.9. The van der Waals surface area contributed by atoms with Crippen molar-refractivity contribution >= 4 is 38.6 Å². The maximum atomic E-state index is 13.6. The fraction of sp³-hybridized carbons (Fsp3) is 0.308. The lowest BCUT2D eigenvalue weighted by Crippen LogP contribution is -2.38. The van der Waals surface area contributed by atoms with E-state index in [0.717, 1.165) is 22.9 Å². The summed E-state index contributed by atoms with van der Waals surface area (Å²) in [6, 6.07) is 13.5. The molecule has 0 aliphatic carbocycles. The van der Waals surface area contributed by atoms with E-state index in [4.69, 9.17) is 9.15 Å². The van der Waals surface area contributed by atoms with Crippen molar-refractivity contribution in [3.8, 4) is 5.75 Å². The normalized spacial score (nSPS) is 16.2. The fourth-order valence-electron chi connectivity index (χ4n) is 4.32. The Hall–Kier alpha value is -3.10. The molecule has 1 aromatic heterocycles. The molecule has 1 amide bonds. The monoisotopic (exact) mass is 526 g/mol. The van der Waals surface area contributed by atoms with E-state index in [-0.39, 0.29) is 11.3 Å². The molecule has 1 unspecified atom stereocenters. The number of hydrogen-bond donors (Lipinski definition) is 1. The Morgan fingerprint density at radius 3 is 2.65 bits per heavy atom. The molecule has 3 aromatic rings. The second-order valence-corrected chi connectivity index (χ2v) is 9.00. The summed E-state index contributed by atoms with van der Waals surface area (Å²) in [4.78, 5) is 30.6. The van der Waals surface area contributed by atoms with E-state index >= 15 is 0 Å². The third-order valence-electron chi connectivity index (χ3n) is 6.21. The molecule has 34 heavy (non-hydrogen) atoms. The van der Waals surface area contributed by atoms with Crippen molar-refractivity contribution in [2.24, 2.45) is 0 Å². The molecule has 0 saturated heterocycles. The summed E-state index contributed by atoms with van der Waals surface area (Å²) in [5, 5.41) is 11.6. The second-order valence-electron chi connectivity index (χ2n) is 8.09. The Bertz CT molecular complexity index is 1260. The van der Waals surface area contributed by atoms with Gasteiger partial charge in [-0.3, -0.25) is 9.59 Å². The molecule has 0 radical (unpaired) electrons. The van der Waals surface area contributed by atoms with Gasteiger partial charge in [-0.2, -0.15) is 0 Å². The van der Waals surface area contributed by atoms with Crippen LogP contribution in [-0.2, 0) is 4.79 Å². The Morgan fingerprint density at radius 2 is 1.94 bits per heavy atom. The summed E-state index contributed by atoms with van der Waals surface area (Å²) < 4.78 is 12.0. The largest absolute Gasteiger partial charge is 0.503 e. The number of benzene rings is 2. The molecule has 0 spiro atoms. The van der Waals surface area contributed by atoms with Gasteiger partial charge in [-0.05, 0) is 55.1 Å². The Morgan fingerprint density at radius 1 is 1.18 bits per heavy atom. The first-order valence-electron chi connectivity index (χ1n) is 11.2. The standard InChI is InChI=1S/C26H27BrN2O5/c1-4-28(5-2)11-12-29-23(16-7-6-8-19(14-16)33-3)22(25(31)26(29)32)24(30)21-15-17-13-18(27)9-10-20(17)34-21/h6-10,13-15,23,31H,4-5,11-12H2,1-3H3. The number of hydrogen-bond acceptors (Lipinski definition) is 6. The van der Waals surface area contributed by atoms with Crippen molar-refractivity contribution in [2.75, 3.05) is 33.3 Å². The van der Waals surface area contributed by atoms with Crippen LogP contribution in [0.4, 0.5) is 0 Å². The Labute approximate surface area is 206 Å². The third-order valence-corrected chi connectivity index (χ3v) is 6.70.